The van der Waals surface area contributed by atoms with Gasteiger partial charge in [0.1, 0.15) is 18.1 Å². The first-order valence-corrected chi connectivity index (χ1v) is 10.5. The number of likely N-dealkylation sites (tertiary alicyclic amines) is 1. The molecule has 4 atom stereocenters. The number of aliphatic carboxylic acids is 2. The summed E-state index contributed by atoms with van der Waals surface area (Å²) in [4.78, 5) is 60.9. The number of carbonyl (C=O) groups is 5. The number of amides is 3. The van der Waals surface area contributed by atoms with Crippen LogP contribution in [-0.4, -0.2) is 93.7 Å². The zero-order chi connectivity index (χ0) is 24.3. The summed E-state index contributed by atoms with van der Waals surface area (Å²) in [6.45, 7) is -0.156. The van der Waals surface area contributed by atoms with Crippen LogP contribution >= 0.6 is 0 Å². The lowest BCUT2D eigenvalue weighted by Gasteiger charge is -2.29. The third kappa shape index (κ3) is 8.40. The second-order valence-corrected chi connectivity index (χ2v) is 7.66. The molecule has 3 amide bonds. The minimum absolute atomic E-state index is 0.150. The fourth-order valence-electron chi connectivity index (χ4n) is 3.40. The van der Waals surface area contributed by atoms with Gasteiger partial charge in [0.2, 0.25) is 17.7 Å². The lowest BCUT2D eigenvalue weighted by Crippen LogP contribution is -2.57. The van der Waals surface area contributed by atoms with Gasteiger partial charge < -0.3 is 42.3 Å². The maximum absolute atomic E-state index is 12.9. The number of carboxylic acid groups (broad SMARTS) is 2. The predicted molar refractivity (Wildman–Crippen MR) is 111 cm³/mol. The fourth-order valence-corrected chi connectivity index (χ4v) is 3.40. The molecule has 1 heterocycles. The van der Waals surface area contributed by atoms with E-state index < -0.39 is 60.4 Å². The van der Waals surface area contributed by atoms with Gasteiger partial charge in [0.25, 0.3) is 0 Å². The SMILES string of the molecule is NCCCCC(NC(=O)C1CCCN1C(=O)C(CO)NC(=O)C(N)CCC(=O)O)C(=O)O. The van der Waals surface area contributed by atoms with E-state index in [2.05, 4.69) is 10.6 Å². The smallest absolute Gasteiger partial charge is 0.326 e. The van der Waals surface area contributed by atoms with Crippen LogP contribution < -0.4 is 22.1 Å². The van der Waals surface area contributed by atoms with E-state index in [4.69, 9.17) is 16.6 Å². The van der Waals surface area contributed by atoms with Gasteiger partial charge in [-0.2, -0.15) is 0 Å². The number of rotatable bonds is 14. The Morgan fingerprint density at radius 3 is 2.28 bits per heavy atom. The second kappa shape index (κ2) is 13.6. The molecule has 13 nitrogen and oxygen atoms in total. The molecule has 0 aromatic rings. The highest BCUT2D eigenvalue weighted by atomic mass is 16.4. The van der Waals surface area contributed by atoms with Gasteiger partial charge in [0.05, 0.1) is 12.6 Å². The van der Waals surface area contributed by atoms with Gasteiger partial charge in [0.15, 0.2) is 0 Å². The molecule has 0 spiro atoms. The van der Waals surface area contributed by atoms with Crippen molar-refractivity contribution in [3.63, 3.8) is 0 Å². The zero-order valence-electron chi connectivity index (χ0n) is 17.9. The lowest BCUT2D eigenvalue weighted by atomic mass is 10.1. The monoisotopic (exact) mass is 459 g/mol. The van der Waals surface area contributed by atoms with E-state index in [0.717, 1.165) is 0 Å². The van der Waals surface area contributed by atoms with Gasteiger partial charge in [-0.1, -0.05) is 0 Å². The van der Waals surface area contributed by atoms with Crippen LogP contribution in [0.15, 0.2) is 0 Å². The summed E-state index contributed by atoms with van der Waals surface area (Å²) in [6, 6.07) is -4.61. The molecule has 32 heavy (non-hydrogen) atoms. The van der Waals surface area contributed by atoms with Crippen molar-refractivity contribution in [2.24, 2.45) is 11.5 Å². The maximum atomic E-state index is 12.9. The number of nitrogens with zero attached hydrogens (tertiary/aromatic N) is 1. The number of unbranched alkanes of at least 4 members (excludes halogenated alkanes) is 1. The van der Waals surface area contributed by atoms with E-state index in [9.17, 15) is 34.2 Å². The molecule has 13 heteroatoms. The molecule has 1 saturated heterocycles. The molecule has 0 saturated carbocycles. The van der Waals surface area contributed by atoms with Gasteiger partial charge in [-0.25, -0.2) is 4.79 Å². The summed E-state index contributed by atoms with van der Waals surface area (Å²) >= 11 is 0. The number of carboxylic acids is 2. The molecule has 1 rings (SSSR count). The Morgan fingerprint density at radius 1 is 1.03 bits per heavy atom. The minimum atomic E-state index is -1.37. The van der Waals surface area contributed by atoms with Gasteiger partial charge in [-0.05, 0) is 45.1 Å². The van der Waals surface area contributed by atoms with Crippen molar-refractivity contribution in [2.45, 2.75) is 69.1 Å². The summed E-state index contributed by atoms with van der Waals surface area (Å²) in [7, 11) is 0. The van der Waals surface area contributed by atoms with Crippen molar-refractivity contribution in [2.75, 3.05) is 19.7 Å². The third-order valence-corrected chi connectivity index (χ3v) is 5.20. The Kier molecular flexibility index (Phi) is 11.6. The molecule has 0 bridgehead atoms. The molecule has 1 aliphatic rings. The first kappa shape index (κ1) is 27.3. The summed E-state index contributed by atoms with van der Waals surface area (Å²) in [6.07, 6.45) is 1.63. The topological polar surface area (TPSA) is 225 Å². The quantitative estimate of drug-likeness (QED) is 0.133. The Hall–Kier alpha value is -2.77. The van der Waals surface area contributed by atoms with Crippen LogP contribution in [0.25, 0.3) is 0 Å². The van der Waals surface area contributed by atoms with Gasteiger partial charge in [-0.15, -0.1) is 0 Å². The summed E-state index contributed by atoms with van der Waals surface area (Å²) < 4.78 is 0. The summed E-state index contributed by atoms with van der Waals surface area (Å²) in [5, 5.41) is 32.3. The molecule has 9 N–H and O–H groups in total. The Morgan fingerprint density at radius 2 is 1.72 bits per heavy atom. The van der Waals surface area contributed by atoms with Crippen LogP contribution in [0, 0.1) is 0 Å². The number of carbonyl (C=O) groups excluding carboxylic acids is 3. The van der Waals surface area contributed by atoms with Crippen LogP contribution in [0.5, 0.6) is 0 Å². The summed E-state index contributed by atoms with van der Waals surface area (Å²) in [5.74, 6) is -4.46. The average Bonchev–Trinajstić information content (AvgIpc) is 3.24. The summed E-state index contributed by atoms with van der Waals surface area (Å²) in [5.41, 5.74) is 11.0. The van der Waals surface area contributed by atoms with E-state index >= 15 is 0 Å². The van der Waals surface area contributed by atoms with E-state index in [1.807, 2.05) is 0 Å². The Labute approximate surface area is 185 Å². The Bertz CT molecular complexity index is 689. The normalized spacial score (nSPS) is 18.5. The van der Waals surface area contributed by atoms with Gasteiger partial charge >= 0.3 is 11.9 Å². The molecule has 182 valence electrons. The van der Waals surface area contributed by atoms with E-state index in [1.165, 1.54) is 4.90 Å². The second-order valence-electron chi connectivity index (χ2n) is 7.66. The molecule has 4 unspecified atom stereocenters. The van der Waals surface area contributed by atoms with Crippen molar-refractivity contribution < 1.29 is 39.3 Å². The first-order valence-electron chi connectivity index (χ1n) is 10.5. The molecular formula is C19H33N5O8. The molecule has 0 aromatic carbocycles. The average molecular weight is 460 g/mol. The largest absolute Gasteiger partial charge is 0.481 e. The molecule has 0 aromatic heterocycles. The van der Waals surface area contributed by atoms with Crippen molar-refractivity contribution in [1.82, 2.24) is 15.5 Å². The predicted octanol–water partition coefficient (Wildman–Crippen LogP) is -2.65. The van der Waals surface area contributed by atoms with Crippen molar-refractivity contribution in [3.05, 3.63) is 0 Å². The van der Waals surface area contributed by atoms with Crippen molar-refractivity contribution in [3.8, 4) is 0 Å². The van der Waals surface area contributed by atoms with Crippen LogP contribution in [0.3, 0.4) is 0 Å². The lowest BCUT2D eigenvalue weighted by molar-refractivity contribution is -0.145. The third-order valence-electron chi connectivity index (χ3n) is 5.20. The number of nitrogens with two attached hydrogens (primary N) is 2. The van der Waals surface area contributed by atoms with E-state index in [1.54, 1.807) is 0 Å². The maximum Gasteiger partial charge on any atom is 0.326 e. The fraction of sp³-hybridized carbons (Fsp3) is 0.737. The van der Waals surface area contributed by atoms with Gasteiger partial charge in [-0.3, -0.25) is 19.2 Å². The highest BCUT2D eigenvalue weighted by molar-refractivity contribution is 5.94. The first-order chi connectivity index (χ1) is 15.1. The molecule has 0 aliphatic carbocycles. The van der Waals surface area contributed by atoms with E-state index in [-0.39, 0.29) is 25.8 Å². The molecule has 1 aliphatic heterocycles. The minimum Gasteiger partial charge on any atom is -0.481 e. The molecule has 1 fully saturated rings. The van der Waals surface area contributed by atoms with Crippen molar-refractivity contribution in [1.29, 1.82) is 0 Å². The zero-order valence-corrected chi connectivity index (χ0v) is 17.9. The van der Waals surface area contributed by atoms with Gasteiger partial charge in [0, 0.05) is 13.0 Å². The van der Waals surface area contributed by atoms with Crippen molar-refractivity contribution >= 4 is 29.7 Å². The van der Waals surface area contributed by atoms with Crippen LogP contribution in [-0.2, 0) is 24.0 Å². The molecular weight excluding hydrogens is 426 g/mol. The number of hydrogen-bond donors (Lipinski definition) is 7. The standard InChI is InChI=1S/C19H33N5O8/c20-8-2-1-4-12(19(31)32)22-17(29)14-5-3-9-24(14)18(30)13(10-25)23-16(28)11(21)6-7-15(26)27/h11-14,25H,1-10,20-21H2,(H,22,29)(H,23,28)(H,26,27)(H,31,32). The van der Waals surface area contributed by atoms with Crippen LogP contribution in [0.2, 0.25) is 0 Å². The number of aliphatic hydroxyl groups excluding tert-OH is 1. The number of aliphatic hydroxyl groups is 1. The molecule has 0 radical (unpaired) electrons. The highest BCUT2D eigenvalue weighted by Crippen LogP contribution is 2.19. The Balaban J connectivity index is 2.76. The van der Waals surface area contributed by atoms with Crippen LogP contribution in [0.4, 0.5) is 0 Å². The number of nitrogens with one attached hydrogen (secondary N) is 2. The van der Waals surface area contributed by atoms with Crippen LogP contribution in [0.1, 0.15) is 44.9 Å². The van der Waals surface area contributed by atoms with E-state index in [0.29, 0.717) is 32.2 Å². The number of hydrogen-bond acceptors (Lipinski definition) is 8. The highest BCUT2D eigenvalue weighted by Gasteiger charge is 2.38.